The van der Waals surface area contributed by atoms with E-state index in [0.717, 1.165) is 22.7 Å². The Morgan fingerprint density at radius 1 is 1.07 bits per heavy atom. The Bertz CT molecular complexity index is 1010. The summed E-state index contributed by atoms with van der Waals surface area (Å²) >= 11 is 6.72. The van der Waals surface area contributed by atoms with Gasteiger partial charge in [-0.15, -0.1) is 0 Å². The average Bonchev–Trinajstić information content (AvgIpc) is 3.32. The molecule has 1 fully saturated rings. The third-order valence-corrected chi connectivity index (χ3v) is 5.42. The van der Waals surface area contributed by atoms with Gasteiger partial charge in [0.05, 0.1) is 24.0 Å². The van der Waals surface area contributed by atoms with Crippen molar-refractivity contribution in [3.05, 3.63) is 77.7 Å². The van der Waals surface area contributed by atoms with Crippen LogP contribution in [0.4, 0.5) is 5.69 Å². The van der Waals surface area contributed by atoms with Crippen LogP contribution in [-0.4, -0.2) is 26.9 Å². The van der Waals surface area contributed by atoms with Crippen LogP contribution in [0.15, 0.2) is 72.2 Å². The number of ether oxygens (including phenoxy) is 1. The van der Waals surface area contributed by atoms with E-state index in [1.165, 1.54) is 11.8 Å². The monoisotopic (exact) mass is 393 g/mol. The lowest BCUT2D eigenvalue weighted by molar-refractivity contribution is -0.113. The summed E-state index contributed by atoms with van der Waals surface area (Å²) in [5, 5.41) is 0. The van der Waals surface area contributed by atoms with E-state index in [2.05, 4.69) is 4.98 Å². The fraction of sp³-hybridized carbons (Fsp3) is 0.0500. The molecule has 0 spiro atoms. The Labute approximate surface area is 166 Å². The second-order valence-electron chi connectivity index (χ2n) is 5.78. The first kappa shape index (κ1) is 17.5. The standard InChI is InChI=1S/C20H15N3O2S2/c1-25-17-8-6-16(7-9-17)23-19(24)18(27-20(23)26)12-14-2-4-15(5-3-14)22-11-10-21-13-22/h2-13H,1H3/b18-12+. The number of carbonyl (C=O) groups excluding carboxylic acids is 1. The van der Waals surface area contributed by atoms with Gasteiger partial charge in [-0.3, -0.25) is 9.69 Å². The molecule has 4 rings (SSSR count). The maximum atomic E-state index is 12.8. The molecule has 1 aromatic heterocycles. The van der Waals surface area contributed by atoms with Gasteiger partial charge in [0.2, 0.25) is 0 Å². The Kier molecular flexibility index (Phi) is 4.79. The van der Waals surface area contributed by atoms with E-state index in [1.54, 1.807) is 24.5 Å². The predicted octanol–water partition coefficient (Wildman–Crippen LogP) is 4.29. The lowest BCUT2D eigenvalue weighted by Crippen LogP contribution is -2.27. The van der Waals surface area contributed by atoms with Crippen LogP contribution < -0.4 is 9.64 Å². The summed E-state index contributed by atoms with van der Waals surface area (Å²) in [5.74, 6) is 0.617. The minimum Gasteiger partial charge on any atom is -0.497 e. The highest BCUT2D eigenvalue weighted by molar-refractivity contribution is 8.27. The Balaban J connectivity index is 1.57. The summed E-state index contributed by atoms with van der Waals surface area (Å²) in [5.41, 5.74) is 2.68. The molecule has 2 heterocycles. The largest absolute Gasteiger partial charge is 0.497 e. The summed E-state index contributed by atoms with van der Waals surface area (Å²) in [6.07, 6.45) is 7.23. The topological polar surface area (TPSA) is 47.4 Å². The lowest BCUT2D eigenvalue weighted by Gasteiger charge is -2.14. The molecule has 1 saturated heterocycles. The van der Waals surface area contributed by atoms with Gasteiger partial charge in [-0.2, -0.15) is 0 Å². The zero-order valence-corrected chi connectivity index (χ0v) is 16.0. The molecule has 2 aromatic carbocycles. The molecule has 27 heavy (non-hydrogen) atoms. The third kappa shape index (κ3) is 3.51. The second kappa shape index (κ2) is 7.38. The van der Waals surface area contributed by atoms with Crippen molar-refractivity contribution < 1.29 is 9.53 Å². The number of amides is 1. The first-order chi connectivity index (χ1) is 13.2. The highest BCUT2D eigenvalue weighted by Crippen LogP contribution is 2.36. The van der Waals surface area contributed by atoms with E-state index in [1.807, 2.05) is 65.4 Å². The summed E-state index contributed by atoms with van der Waals surface area (Å²) in [4.78, 5) is 19.0. The Hall–Kier alpha value is -2.90. The number of rotatable bonds is 4. The molecule has 0 aliphatic carbocycles. The van der Waals surface area contributed by atoms with Crippen molar-refractivity contribution in [2.45, 2.75) is 0 Å². The van der Waals surface area contributed by atoms with E-state index in [0.29, 0.717) is 9.23 Å². The van der Waals surface area contributed by atoms with E-state index in [4.69, 9.17) is 17.0 Å². The number of anilines is 1. The van der Waals surface area contributed by atoms with Gasteiger partial charge in [0.1, 0.15) is 5.75 Å². The van der Waals surface area contributed by atoms with Crippen molar-refractivity contribution in [2.24, 2.45) is 0 Å². The number of hydrogen-bond donors (Lipinski definition) is 0. The van der Waals surface area contributed by atoms with Crippen LogP contribution in [-0.2, 0) is 4.79 Å². The van der Waals surface area contributed by atoms with E-state index < -0.39 is 0 Å². The molecule has 1 amide bonds. The zero-order valence-electron chi connectivity index (χ0n) is 14.4. The molecule has 7 heteroatoms. The number of methoxy groups -OCH3 is 1. The number of imidazole rings is 1. The van der Waals surface area contributed by atoms with Crippen LogP contribution >= 0.6 is 24.0 Å². The first-order valence-corrected chi connectivity index (χ1v) is 9.38. The maximum absolute atomic E-state index is 12.8. The molecule has 5 nitrogen and oxygen atoms in total. The summed E-state index contributed by atoms with van der Waals surface area (Å²) in [6.45, 7) is 0. The molecule has 0 N–H and O–H groups in total. The molecule has 0 saturated carbocycles. The molecule has 3 aromatic rings. The van der Waals surface area contributed by atoms with Crippen LogP contribution in [0.2, 0.25) is 0 Å². The fourth-order valence-corrected chi connectivity index (χ4v) is 4.03. The Morgan fingerprint density at radius 2 is 1.78 bits per heavy atom. The second-order valence-corrected chi connectivity index (χ2v) is 7.45. The van der Waals surface area contributed by atoms with Crippen LogP contribution in [0.5, 0.6) is 5.75 Å². The van der Waals surface area contributed by atoms with Gasteiger partial charge in [0.15, 0.2) is 4.32 Å². The fourth-order valence-electron chi connectivity index (χ4n) is 2.73. The first-order valence-electron chi connectivity index (χ1n) is 8.16. The van der Waals surface area contributed by atoms with Gasteiger partial charge in [-0.25, -0.2) is 4.98 Å². The number of benzene rings is 2. The Morgan fingerprint density at radius 3 is 2.41 bits per heavy atom. The van der Waals surface area contributed by atoms with Crippen LogP contribution in [0.3, 0.4) is 0 Å². The number of carbonyl (C=O) groups is 1. The van der Waals surface area contributed by atoms with Gasteiger partial charge < -0.3 is 9.30 Å². The van der Waals surface area contributed by atoms with E-state index in [9.17, 15) is 4.79 Å². The van der Waals surface area contributed by atoms with Crippen LogP contribution in [0, 0.1) is 0 Å². The van der Waals surface area contributed by atoms with E-state index >= 15 is 0 Å². The molecule has 1 aliphatic rings. The van der Waals surface area contributed by atoms with Gasteiger partial charge in [-0.05, 0) is 48.0 Å². The van der Waals surface area contributed by atoms with Crippen molar-refractivity contribution in [3.8, 4) is 11.4 Å². The molecular weight excluding hydrogens is 378 g/mol. The molecule has 0 unspecified atom stereocenters. The highest BCUT2D eigenvalue weighted by Gasteiger charge is 2.33. The number of hydrogen-bond acceptors (Lipinski definition) is 5. The van der Waals surface area contributed by atoms with E-state index in [-0.39, 0.29) is 5.91 Å². The van der Waals surface area contributed by atoms with Crippen LogP contribution in [0.1, 0.15) is 5.56 Å². The molecule has 1 aliphatic heterocycles. The summed E-state index contributed by atoms with van der Waals surface area (Å²) in [6, 6.07) is 15.2. The zero-order chi connectivity index (χ0) is 18.8. The smallest absolute Gasteiger partial charge is 0.270 e. The number of thiocarbonyl (C=S) groups is 1. The minimum absolute atomic E-state index is 0.117. The molecule has 134 valence electrons. The molecular formula is C20H15N3O2S2. The van der Waals surface area contributed by atoms with Crippen LogP contribution in [0.25, 0.3) is 11.8 Å². The highest BCUT2D eigenvalue weighted by atomic mass is 32.2. The maximum Gasteiger partial charge on any atom is 0.270 e. The van der Waals surface area contributed by atoms with Gasteiger partial charge in [0, 0.05) is 18.1 Å². The third-order valence-electron chi connectivity index (χ3n) is 4.12. The molecule has 0 atom stereocenters. The molecule has 0 bridgehead atoms. The normalized spacial score (nSPS) is 15.6. The van der Waals surface area contributed by atoms with Gasteiger partial charge >= 0.3 is 0 Å². The van der Waals surface area contributed by atoms with Gasteiger partial charge in [0.25, 0.3) is 5.91 Å². The quantitative estimate of drug-likeness (QED) is 0.489. The van der Waals surface area contributed by atoms with Crippen molar-refractivity contribution in [2.75, 3.05) is 12.0 Å². The predicted molar refractivity (Wildman–Crippen MR) is 112 cm³/mol. The van der Waals surface area contributed by atoms with Crippen molar-refractivity contribution in [1.29, 1.82) is 0 Å². The van der Waals surface area contributed by atoms with Gasteiger partial charge in [-0.1, -0.05) is 36.1 Å². The van der Waals surface area contributed by atoms with Crippen molar-refractivity contribution >= 4 is 46.0 Å². The number of aromatic nitrogens is 2. The summed E-state index contributed by atoms with van der Waals surface area (Å²) in [7, 11) is 1.61. The lowest BCUT2D eigenvalue weighted by atomic mass is 10.2. The van der Waals surface area contributed by atoms with Crippen molar-refractivity contribution in [3.63, 3.8) is 0 Å². The molecule has 0 radical (unpaired) electrons. The minimum atomic E-state index is -0.117. The average molecular weight is 393 g/mol. The number of thioether (sulfide) groups is 1. The number of nitrogens with zero attached hydrogens (tertiary/aromatic N) is 3. The SMILES string of the molecule is COc1ccc(N2C(=O)/C(=C\c3ccc(-n4ccnc4)cc3)SC2=S)cc1. The summed E-state index contributed by atoms with van der Waals surface area (Å²) < 4.78 is 7.61. The van der Waals surface area contributed by atoms with Crippen molar-refractivity contribution in [1.82, 2.24) is 9.55 Å².